The highest BCUT2D eigenvalue weighted by atomic mass is 16.4. The Kier molecular flexibility index (Phi) is 3.04. The number of benzene rings is 1. The third-order valence-corrected chi connectivity index (χ3v) is 2.21. The third-order valence-electron chi connectivity index (χ3n) is 2.21. The van der Waals surface area contributed by atoms with Crippen LogP contribution in [0.25, 0.3) is 0 Å². The molecule has 1 aromatic heterocycles. The molecule has 1 aromatic carbocycles. The van der Waals surface area contributed by atoms with Gasteiger partial charge < -0.3 is 10.4 Å². The second kappa shape index (κ2) is 4.65. The molecule has 17 heavy (non-hydrogen) atoms. The van der Waals surface area contributed by atoms with Crippen LogP contribution < -0.4 is 5.32 Å². The molecule has 0 amide bonds. The zero-order chi connectivity index (χ0) is 12.3. The van der Waals surface area contributed by atoms with Gasteiger partial charge in [0.05, 0.1) is 12.1 Å². The highest BCUT2D eigenvalue weighted by Crippen LogP contribution is 2.11. The number of nitrogens with one attached hydrogen (secondary N) is 1. The summed E-state index contributed by atoms with van der Waals surface area (Å²) in [7, 11) is 1.79. The van der Waals surface area contributed by atoms with E-state index in [1.807, 2.05) is 0 Å². The lowest BCUT2D eigenvalue weighted by atomic mass is 10.2. The van der Waals surface area contributed by atoms with E-state index >= 15 is 0 Å². The van der Waals surface area contributed by atoms with Crippen LogP contribution >= 0.6 is 0 Å². The largest absolute Gasteiger partial charge is 0.478 e. The summed E-state index contributed by atoms with van der Waals surface area (Å²) in [4.78, 5) is 14.8. The van der Waals surface area contributed by atoms with Crippen molar-refractivity contribution >= 4 is 11.7 Å². The van der Waals surface area contributed by atoms with Crippen LogP contribution in [0.4, 0.5) is 5.69 Å². The summed E-state index contributed by atoms with van der Waals surface area (Å²) in [5, 5.41) is 16.0. The van der Waals surface area contributed by atoms with Crippen LogP contribution in [0.5, 0.6) is 0 Å². The van der Waals surface area contributed by atoms with Gasteiger partial charge in [-0.15, -0.1) is 0 Å². The summed E-state index contributed by atoms with van der Waals surface area (Å²) < 4.78 is 1.62. The van der Waals surface area contributed by atoms with Crippen molar-refractivity contribution in [3.05, 3.63) is 42.0 Å². The second-order valence-electron chi connectivity index (χ2n) is 3.57. The molecule has 0 bridgehead atoms. The Hall–Kier alpha value is -2.37. The predicted molar refractivity (Wildman–Crippen MR) is 61.7 cm³/mol. The van der Waals surface area contributed by atoms with Crippen molar-refractivity contribution in [1.29, 1.82) is 0 Å². The number of anilines is 1. The van der Waals surface area contributed by atoms with E-state index in [0.29, 0.717) is 12.4 Å². The molecule has 0 fully saturated rings. The minimum absolute atomic E-state index is 0.254. The summed E-state index contributed by atoms with van der Waals surface area (Å²) >= 11 is 0. The van der Waals surface area contributed by atoms with Crippen LogP contribution in [-0.4, -0.2) is 25.8 Å². The number of carboxylic acid groups (broad SMARTS) is 1. The maximum Gasteiger partial charge on any atom is 0.335 e. The first-order valence-corrected chi connectivity index (χ1v) is 5.07. The average molecular weight is 232 g/mol. The summed E-state index contributed by atoms with van der Waals surface area (Å²) in [6.07, 6.45) is 1.62. The molecular weight excluding hydrogens is 220 g/mol. The first-order valence-electron chi connectivity index (χ1n) is 5.07. The summed E-state index contributed by atoms with van der Waals surface area (Å²) in [6, 6.07) is 6.62. The minimum atomic E-state index is -0.940. The number of nitrogens with zero attached hydrogens (tertiary/aromatic N) is 3. The Bertz CT molecular complexity index is 536. The monoisotopic (exact) mass is 232 g/mol. The van der Waals surface area contributed by atoms with E-state index < -0.39 is 5.97 Å². The van der Waals surface area contributed by atoms with Gasteiger partial charge in [0.2, 0.25) is 0 Å². The summed E-state index contributed by atoms with van der Waals surface area (Å²) in [5.41, 5.74) is 0.987. The van der Waals surface area contributed by atoms with Gasteiger partial charge in [-0.25, -0.2) is 9.78 Å². The van der Waals surface area contributed by atoms with Crippen LogP contribution in [0.15, 0.2) is 30.6 Å². The first-order chi connectivity index (χ1) is 8.15. The van der Waals surface area contributed by atoms with Gasteiger partial charge in [0.15, 0.2) is 5.82 Å². The Morgan fingerprint density at radius 3 is 3.00 bits per heavy atom. The summed E-state index contributed by atoms with van der Waals surface area (Å²) in [5.74, 6) is -0.280. The fourth-order valence-electron chi connectivity index (χ4n) is 1.41. The second-order valence-corrected chi connectivity index (χ2v) is 3.57. The average Bonchev–Trinajstić information content (AvgIpc) is 2.73. The van der Waals surface area contributed by atoms with E-state index in [0.717, 1.165) is 5.69 Å². The minimum Gasteiger partial charge on any atom is -0.478 e. The molecule has 2 rings (SSSR count). The maximum atomic E-state index is 10.8. The Morgan fingerprint density at radius 2 is 2.35 bits per heavy atom. The van der Waals surface area contributed by atoms with Gasteiger partial charge in [-0.3, -0.25) is 4.68 Å². The van der Waals surface area contributed by atoms with Crippen molar-refractivity contribution in [3.63, 3.8) is 0 Å². The number of rotatable bonds is 4. The zero-order valence-electron chi connectivity index (χ0n) is 9.29. The maximum absolute atomic E-state index is 10.8. The van der Waals surface area contributed by atoms with E-state index in [1.54, 1.807) is 42.3 Å². The third kappa shape index (κ3) is 2.81. The van der Waals surface area contributed by atoms with Crippen molar-refractivity contribution in [2.75, 3.05) is 5.32 Å². The lowest BCUT2D eigenvalue weighted by Crippen LogP contribution is -2.03. The Balaban J connectivity index is 2.04. The number of hydrogen-bond acceptors (Lipinski definition) is 4. The number of aromatic carboxylic acids is 1. The highest BCUT2D eigenvalue weighted by molar-refractivity contribution is 5.88. The molecule has 0 saturated carbocycles. The van der Waals surface area contributed by atoms with Crippen LogP contribution in [-0.2, 0) is 13.6 Å². The predicted octanol–water partition coefficient (Wildman–Crippen LogP) is 1.13. The molecule has 0 atom stereocenters. The van der Waals surface area contributed by atoms with Crippen molar-refractivity contribution in [2.45, 2.75) is 6.54 Å². The molecular formula is C11H12N4O2. The van der Waals surface area contributed by atoms with Gasteiger partial charge in [-0.2, -0.15) is 5.10 Å². The van der Waals surface area contributed by atoms with E-state index in [2.05, 4.69) is 15.4 Å². The van der Waals surface area contributed by atoms with Crippen LogP contribution in [0, 0.1) is 0 Å². The first kappa shape index (κ1) is 11.1. The number of carbonyl (C=O) groups is 1. The number of carboxylic acids is 1. The van der Waals surface area contributed by atoms with Crippen molar-refractivity contribution in [3.8, 4) is 0 Å². The smallest absolute Gasteiger partial charge is 0.335 e. The molecule has 1 heterocycles. The number of aromatic nitrogens is 3. The number of hydrogen-bond donors (Lipinski definition) is 2. The zero-order valence-corrected chi connectivity index (χ0v) is 9.29. The molecule has 0 aliphatic heterocycles. The topological polar surface area (TPSA) is 80.0 Å². The molecule has 2 N–H and O–H groups in total. The lowest BCUT2D eigenvalue weighted by Gasteiger charge is -2.04. The normalized spacial score (nSPS) is 10.2. The lowest BCUT2D eigenvalue weighted by molar-refractivity contribution is 0.0697. The molecule has 0 saturated heterocycles. The molecule has 6 heteroatoms. The summed E-state index contributed by atoms with van der Waals surface area (Å²) in [6.45, 7) is 0.462. The fraction of sp³-hybridized carbons (Fsp3) is 0.182. The van der Waals surface area contributed by atoms with E-state index in [1.165, 1.54) is 0 Å². The molecule has 88 valence electrons. The molecule has 6 nitrogen and oxygen atoms in total. The molecule has 2 aromatic rings. The van der Waals surface area contributed by atoms with Crippen molar-refractivity contribution < 1.29 is 9.90 Å². The van der Waals surface area contributed by atoms with Crippen molar-refractivity contribution in [2.24, 2.45) is 7.05 Å². The Morgan fingerprint density at radius 1 is 1.53 bits per heavy atom. The van der Waals surface area contributed by atoms with Gasteiger partial charge in [-0.1, -0.05) is 6.07 Å². The van der Waals surface area contributed by atoms with Gasteiger partial charge in [-0.05, 0) is 18.2 Å². The fourth-order valence-corrected chi connectivity index (χ4v) is 1.41. The van der Waals surface area contributed by atoms with Gasteiger partial charge in [0.25, 0.3) is 0 Å². The molecule has 0 aliphatic carbocycles. The Labute approximate surface area is 97.9 Å². The van der Waals surface area contributed by atoms with E-state index in [9.17, 15) is 4.79 Å². The molecule has 0 radical (unpaired) electrons. The van der Waals surface area contributed by atoms with E-state index in [4.69, 9.17) is 5.11 Å². The van der Waals surface area contributed by atoms with Crippen LogP contribution in [0.3, 0.4) is 0 Å². The van der Waals surface area contributed by atoms with Gasteiger partial charge in [0, 0.05) is 12.7 Å². The SMILES string of the molecule is Cn1cnc(CNc2cccc(C(=O)O)c2)n1. The van der Waals surface area contributed by atoms with Gasteiger partial charge >= 0.3 is 5.97 Å². The highest BCUT2D eigenvalue weighted by Gasteiger charge is 2.03. The molecule has 0 unspecified atom stereocenters. The van der Waals surface area contributed by atoms with Crippen LogP contribution in [0.1, 0.15) is 16.2 Å². The quantitative estimate of drug-likeness (QED) is 0.825. The molecule has 0 aliphatic rings. The van der Waals surface area contributed by atoms with Crippen molar-refractivity contribution in [1.82, 2.24) is 14.8 Å². The standard InChI is InChI=1S/C11H12N4O2/c1-15-7-13-10(14-15)6-12-9-4-2-3-8(5-9)11(16)17/h2-5,7,12H,6H2,1H3,(H,16,17). The van der Waals surface area contributed by atoms with Gasteiger partial charge in [0.1, 0.15) is 6.33 Å². The van der Waals surface area contributed by atoms with Crippen LogP contribution in [0.2, 0.25) is 0 Å². The van der Waals surface area contributed by atoms with E-state index in [-0.39, 0.29) is 5.56 Å². The number of aryl methyl sites for hydroxylation is 1. The molecule has 0 spiro atoms.